The molecule has 2 aliphatic rings. The third-order valence-corrected chi connectivity index (χ3v) is 5.05. The van der Waals surface area contributed by atoms with E-state index >= 15 is 0 Å². The highest BCUT2D eigenvalue weighted by atomic mass is 32.2. The van der Waals surface area contributed by atoms with Gasteiger partial charge in [0.1, 0.15) is 6.10 Å². The lowest BCUT2D eigenvalue weighted by molar-refractivity contribution is -0.0839. The van der Waals surface area contributed by atoms with E-state index in [1.807, 2.05) is 0 Å². The van der Waals surface area contributed by atoms with Gasteiger partial charge < -0.3 is 15.3 Å². The quantitative estimate of drug-likeness (QED) is 0.586. The Bertz CT molecular complexity index is 339. The van der Waals surface area contributed by atoms with Crippen molar-refractivity contribution in [3.05, 3.63) is 0 Å². The molecule has 6 atom stereocenters. The molecule has 0 aromatic heterocycles. The lowest BCUT2D eigenvalue weighted by Crippen LogP contribution is -2.53. The van der Waals surface area contributed by atoms with Gasteiger partial charge in [-0.05, 0) is 13.3 Å². The van der Waals surface area contributed by atoms with Crippen LogP contribution in [-0.2, 0) is 4.84 Å². The average Bonchev–Trinajstić information content (AvgIpc) is 2.76. The zero-order chi connectivity index (χ0) is 13.4. The molecule has 1 fully saturated rings. The van der Waals surface area contributed by atoms with Gasteiger partial charge >= 0.3 is 0 Å². The average molecular weight is 276 g/mol. The number of nitrogens with zero attached hydrogens (tertiary/aromatic N) is 2. The fraction of sp³-hybridized carbons (Fsp3) is 0.909. The summed E-state index contributed by atoms with van der Waals surface area (Å²) in [5.74, 6) is -0.309. The van der Waals surface area contributed by atoms with E-state index < -0.39 is 18.3 Å². The van der Waals surface area contributed by atoms with Crippen LogP contribution in [0.2, 0.25) is 0 Å². The Kier molecular flexibility index (Phi) is 4.18. The van der Waals surface area contributed by atoms with Crippen molar-refractivity contribution in [3.8, 4) is 0 Å². The van der Waals surface area contributed by atoms with Gasteiger partial charge in [0.2, 0.25) is 0 Å². The Morgan fingerprint density at radius 3 is 2.67 bits per heavy atom. The molecule has 2 rings (SSSR count). The zero-order valence-corrected chi connectivity index (χ0v) is 11.5. The topological polar surface area (TPSA) is 85.5 Å². The van der Waals surface area contributed by atoms with Crippen molar-refractivity contribution in [1.29, 1.82) is 0 Å². The minimum Gasteiger partial charge on any atom is -0.393 e. The predicted octanol–water partition coefficient (Wildman–Crippen LogP) is -0.558. The van der Waals surface area contributed by atoms with E-state index in [4.69, 9.17) is 4.84 Å². The normalized spacial score (nSPS) is 41.2. The van der Waals surface area contributed by atoms with Crippen LogP contribution in [0.5, 0.6) is 0 Å². The van der Waals surface area contributed by atoms with E-state index in [1.54, 1.807) is 26.1 Å². The number of aliphatic hydroxyl groups excluding tert-OH is 3. The molecule has 1 saturated carbocycles. The summed E-state index contributed by atoms with van der Waals surface area (Å²) >= 11 is 1.52. The molecule has 0 aromatic rings. The second kappa shape index (κ2) is 5.34. The summed E-state index contributed by atoms with van der Waals surface area (Å²) in [7, 11) is 3.30. The maximum absolute atomic E-state index is 10.1. The molecule has 6 nitrogen and oxygen atoms in total. The first-order chi connectivity index (χ1) is 8.45. The number of hydrogen-bond donors (Lipinski definition) is 3. The van der Waals surface area contributed by atoms with E-state index in [-0.39, 0.29) is 17.2 Å². The highest BCUT2D eigenvalue weighted by molar-refractivity contribution is 8.14. The maximum Gasteiger partial charge on any atom is 0.183 e. The molecule has 1 aliphatic heterocycles. The molecule has 0 bridgehead atoms. The lowest BCUT2D eigenvalue weighted by atomic mass is 9.78. The molecule has 1 heterocycles. The second-order valence-electron chi connectivity index (χ2n) is 4.86. The highest BCUT2D eigenvalue weighted by Gasteiger charge is 2.48. The molecule has 7 heteroatoms. The number of thioether (sulfide) groups is 1. The maximum atomic E-state index is 10.1. The summed E-state index contributed by atoms with van der Waals surface area (Å²) in [5.41, 5.74) is 0. The highest BCUT2D eigenvalue weighted by Crippen LogP contribution is 2.41. The van der Waals surface area contributed by atoms with Crippen LogP contribution in [0.4, 0.5) is 0 Å². The van der Waals surface area contributed by atoms with Crippen molar-refractivity contribution in [2.75, 3.05) is 14.2 Å². The first-order valence-corrected chi connectivity index (χ1v) is 6.90. The van der Waals surface area contributed by atoms with Crippen LogP contribution < -0.4 is 0 Å². The van der Waals surface area contributed by atoms with Gasteiger partial charge in [0.25, 0.3) is 0 Å². The first-order valence-electron chi connectivity index (χ1n) is 6.02. The molecule has 3 N–H and O–H groups in total. The van der Waals surface area contributed by atoms with E-state index in [2.05, 4.69) is 4.99 Å². The Morgan fingerprint density at radius 2 is 2.11 bits per heavy atom. The van der Waals surface area contributed by atoms with Gasteiger partial charge in [-0.1, -0.05) is 11.8 Å². The molecule has 1 aliphatic carbocycles. The number of hydroxylamine groups is 2. The zero-order valence-electron chi connectivity index (χ0n) is 10.7. The van der Waals surface area contributed by atoms with Crippen LogP contribution in [0.3, 0.4) is 0 Å². The summed E-state index contributed by atoms with van der Waals surface area (Å²) in [6.45, 7) is 1.64. The molecule has 0 spiro atoms. The van der Waals surface area contributed by atoms with E-state index in [0.717, 1.165) is 0 Å². The number of aliphatic imine (C=N–C) groups is 1. The Hall–Kier alpha value is -0.340. The third kappa shape index (κ3) is 2.37. The summed E-state index contributed by atoms with van der Waals surface area (Å²) in [5, 5.41) is 32.1. The van der Waals surface area contributed by atoms with Gasteiger partial charge in [-0.3, -0.25) is 9.83 Å². The van der Waals surface area contributed by atoms with Gasteiger partial charge in [-0.15, -0.1) is 0 Å². The molecular weight excluding hydrogens is 256 g/mol. The van der Waals surface area contributed by atoms with Crippen molar-refractivity contribution >= 4 is 16.9 Å². The Balaban J connectivity index is 2.13. The van der Waals surface area contributed by atoms with Crippen LogP contribution >= 0.6 is 11.8 Å². The Labute approximate surface area is 111 Å². The molecule has 18 heavy (non-hydrogen) atoms. The monoisotopic (exact) mass is 276 g/mol. The van der Waals surface area contributed by atoms with E-state index in [9.17, 15) is 15.3 Å². The number of aliphatic hydroxyl groups is 3. The molecule has 0 radical (unpaired) electrons. The van der Waals surface area contributed by atoms with Gasteiger partial charge in [-0.2, -0.15) is 0 Å². The number of rotatable bonds is 2. The molecular formula is C11H20N2O4S. The molecule has 104 valence electrons. The minimum atomic E-state index is -0.932. The van der Waals surface area contributed by atoms with Crippen LogP contribution in [0, 0.1) is 5.92 Å². The fourth-order valence-electron chi connectivity index (χ4n) is 2.51. The summed E-state index contributed by atoms with van der Waals surface area (Å²) in [4.78, 5) is 9.46. The van der Waals surface area contributed by atoms with Crippen molar-refractivity contribution in [1.82, 2.24) is 5.06 Å². The summed E-state index contributed by atoms with van der Waals surface area (Å²) < 4.78 is 0. The smallest absolute Gasteiger partial charge is 0.183 e. The predicted molar refractivity (Wildman–Crippen MR) is 69.2 cm³/mol. The lowest BCUT2D eigenvalue weighted by Gasteiger charge is -2.39. The van der Waals surface area contributed by atoms with Gasteiger partial charge in [0, 0.05) is 18.2 Å². The van der Waals surface area contributed by atoms with Gasteiger partial charge in [-0.25, -0.2) is 5.06 Å². The Morgan fingerprint density at radius 1 is 1.44 bits per heavy atom. The number of amidine groups is 1. The van der Waals surface area contributed by atoms with Gasteiger partial charge in [0.15, 0.2) is 5.17 Å². The SMILES string of the molecule is CON(C)C1=NC2C(CC(C(C)O)C(O)C2O)S1. The first kappa shape index (κ1) is 14.1. The van der Waals surface area contributed by atoms with Crippen molar-refractivity contribution in [3.63, 3.8) is 0 Å². The van der Waals surface area contributed by atoms with Crippen LogP contribution in [0.1, 0.15) is 13.3 Å². The number of hydrogen-bond acceptors (Lipinski definition) is 7. The van der Waals surface area contributed by atoms with Crippen LogP contribution in [-0.4, -0.2) is 69.3 Å². The van der Waals surface area contributed by atoms with E-state index in [1.165, 1.54) is 11.8 Å². The third-order valence-electron chi connectivity index (χ3n) is 3.70. The summed E-state index contributed by atoms with van der Waals surface area (Å²) in [6.07, 6.45) is -1.86. The van der Waals surface area contributed by atoms with E-state index in [0.29, 0.717) is 11.6 Å². The minimum absolute atomic E-state index is 0.0793. The van der Waals surface area contributed by atoms with Crippen LogP contribution in [0.25, 0.3) is 0 Å². The van der Waals surface area contributed by atoms with Crippen molar-refractivity contribution in [2.45, 2.75) is 42.9 Å². The number of fused-ring (bicyclic) bond motifs is 1. The largest absolute Gasteiger partial charge is 0.393 e. The standard InChI is InChI=1S/C11H20N2O4S/c1-5(14)6-4-7-8(10(16)9(6)15)12-11(18-7)13(2)17-3/h5-10,14-16H,4H2,1-3H3. The molecule has 0 aromatic carbocycles. The fourth-order valence-corrected chi connectivity index (χ4v) is 3.86. The van der Waals surface area contributed by atoms with Gasteiger partial charge in [0.05, 0.1) is 25.4 Å². The molecule has 0 saturated heterocycles. The van der Waals surface area contributed by atoms with Crippen LogP contribution in [0.15, 0.2) is 4.99 Å². The summed E-state index contributed by atoms with van der Waals surface area (Å²) in [6, 6.07) is -0.326. The second-order valence-corrected chi connectivity index (χ2v) is 6.07. The van der Waals surface area contributed by atoms with Crippen molar-refractivity contribution in [2.24, 2.45) is 10.9 Å². The molecule has 6 unspecified atom stereocenters. The molecule has 0 amide bonds. The van der Waals surface area contributed by atoms with Crippen molar-refractivity contribution < 1.29 is 20.2 Å².